The number of furan rings is 1. The molecule has 0 aliphatic rings. The van der Waals surface area contributed by atoms with Gasteiger partial charge in [-0.1, -0.05) is 0 Å². The Hall–Kier alpha value is -2.24. The maximum atomic E-state index is 12.1. The third-order valence-corrected chi connectivity index (χ3v) is 2.70. The number of methoxy groups -OCH3 is 1. The summed E-state index contributed by atoms with van der Waals surface area (Å²) in [6.45, 7) is 1.92. The second-order valence-corrected chi connectivity index (χ2v) is 4.38. The van der Waals surface area contributed by atoms with E-state index in [2.05, 4.69) is 10.4 Å². The molecule has 0 unspecified atom stereocenters. The monoisotopic (exact) mass is 263 g/mol. The lowest BCUT2D eigenvalue weighted by Crippen LogP contribution is -2.34. The van der Waals surface area contributed by atoms with E-state index in [1.165, 1.54) is 7.11 Å². The van der Waals surface area contributed by atoms with Gasteiger partial charge in [-0.3, -0.25) is 9.48 Å². The molecule has 0 radical (unpaired) electrons. The summed E-state index contributed by atoms with van der Waals surface area (Å²) in [5.41, 5.74) is 0.427. The summed E-state index contributed by atoms with van der Waals surface area (Å²) in [6.07, 6.45) is 3.89. The Balaban J connectivity index is 2.00. The average Bonchev–Trinajstić information content (AvgIpc) is 2.97. The number of hydrogen-bond donors (Lipinski definition) is 1. The van der Waals surface area contributed by atoms with Gasteiger partial charge in [-0.05, 0) is 19.1 Å². The number of aryl methyl sites for hydroxylation is 1. The topological polar surface area (TPSA) is 69.3 Å². The van der Waals surface area contributed by atoms with Crippen LogP contribution in [-0.4, -0.2) is 28.8 Å². The van der Waals surface area contributed by atoms with Gasteiger partial charge in [-0.25, -0.2) is 0 Å². The number of ether oxygens (including phenoxy) is 1. The lowest BCUT2D eigenvalue weighted by Gasteiger charge is -2.12. The van der Waals surface area contributed by atoms with E-state index in [4.69, 9.17) is 9.15 Å². The van der Waals surface area contributed by atoms with Crippen molar-refractivity contribution in [2.24, 2.45) is 7.05 Å². The van der Waals surface area contributed by atoms with Gasteiger partial charge >= 0.3 is 0 Å². The Kier molecular flexibility index (Phi) is 3.89. The van der Waals surface area contributed by atoms with Crippen molar-refractivity contribution in [3.8, 4) is 5.88 Å². The van der Waals surface area contributed by atoms with E-state index in [-0.39, 0.29) is 11.9 Å². The van der Waals surface area contributed by atoms with Crippen molar-refractivity contribution in [1.82, 2.24) is 15.1 Å². The number of nitrogens with one attached hydrogen (secondary N) is 1. The molecule has 102 valence electrons. The van der Waals surface area contributed by atoms with Gasteiger partial charge in [0.25, 0.3) is 5.91 Å². The second kappa shape index (κ2) is 5.60. The van der Waals surface area contributed by atoms with E-state index in [0.717, 1.165) is 5.76 Å². The first-order chi connectivity index (χ1) is 9.10. The predicted octanol–water partition coefficient (Wildman–Crippen LogP) is 1.38. The molecule has 1 atom stereocenters. The highest BCUT2D eigenvalue weighted by molar-refractivity contribution is 5.96. The zero-order valence-electron chi connectivity index (χ0n) is 11.2. The molecule has 2 rings (SSSR count). The van der Waals surface area contributed by atoms with Crippen LogP contribution in [0.2, 0.25) is 0 Å². The average molecular weight is 263 g/mol. The fourth-order valence-corrected chi connectivity index (χ4v) is 1.86. The Morgan fingerprint density at radius 1 is 1.63 bits per heavy atom. The SMILES string of the molecule is COc1nn(C)cc1C(=O)N[C@@H](C)Cc1ccco1. The minimum atomic E-state index is -0.205. The van der Waals surface area contributed by atoms with Gasteiger partial charge < -0.3 is 14.5 Å². The molecule has 1 amide bonds. The predicted molar refractivity (Wildman–Crippen MR) is 69.1 cm³/mol. The molecule has 0 aliphatic heterocycles. The Morgan fingerprint density at radius 3 is 3.05 bits per heavy atom. The van der Waals surface area contributed by atoms with E-state index in [1.54, 1.807) is 24.2 Å². The molecule has 1 N–H and O–H groups in total. The first-order valence-corrected chi connectivity index (χ1v) is 6.01. The normalized spacial score (nSPS) is 12.2. The van der Waals surface area contributed by atoms with Crippen LogP contribution in [0.3, 0.4) is 0 Å². The van der Waals surface area contributed by atoms with Crippen LogP contribution in [0, 0.1) is 0 Å². The molecule has 0 saturated carbocycles. The maximum Gasteiger partial charge on any atom is 0.258 e. The summed E-state index contributed by atoms with van der Waals surface area (Å²) in [6, 6.07) is 3.67. The highest BCUT2D eigenvalue weighted by atomic mass is 16.5. The minimum Gasteiger partial charge on any atom is -0.479 e. The maximum absolute atomic E-state index is 12.1. The van der Waals surface area contributed by atoms with Crippen LogP contribution >= 0.6 is 0 Å². The van der Waals surface area contributed by atoms with Gasteiger partial charge in [0.1, 0.15) is 11.3 Å². The number of amides is 1. The zero-order valence-corrected chi connectivity index (χ0v) is 11.2. The minimum absolute atomic E-state index is 0.0384. The van der Waals surface area contributed by atoms with Gasteiger partial charge in [-0.15, -0.1) is 5.10 Å². The van der Waals surface area contributed by atoms with Crippen LogP contribution in [0.4, 0.5) is 0 Å². The zero-order chi connectivity index (χ0) is 13.8. The van der Waals surface area contributed by atoms with Crippen molar-refractivity contribution in [2.75, 3.05) is 7.11 Å². The quantitative estimate of drug-likeness (QED) is 0.885. The van der Waals surface area contributed by atoms with Gasteiger partial charge in [0, 0.05) is 25.7 Å². The number of rotatable bonds is 5. The fourth-order valence-electron chi connectivity index (χ4n) is 1.86. The largest absolute Gasteiger partial charge is 0.479 e. The van der Waals surface area contributed by atoms with Gasteiger partial charge in [0.05, 0.1) is 13.4 Å². The van der Waals surface area contributed by atoms with E-state index in [9.17, 15) is 4.79 Å². The molecule has 0 aromatic carbocycles. The van der Waals surface area contributed by atoms with Crippen LogP contribution in [0.25, 0.3) is 0 Å². The third kappa shape index (κ3) is 3.15. The van der Waals surface area contributed by atoms with Crippen molar-refractivity contribution < 1.29 is 13.9 Å². The molecule has 2 aromatic heterocycles. The number of carbonyl (C=O) groups is 1. The van der Waals surface area contributed by atoms with Crippen LogP contribution in [0.1, 0.15) is 23.0 Å². The molecule has 2 heterocycles. The second-order valence-electron chi connectivity index (χ2n) is 4.38. The molecule has 6 heteroatoms. The standard InChI is InChI=1S/C13H17N3O3/c1-9(7-10-5-4-6-19-10)14-12(17)11-8-16(2)15-13(11)18-3/h4-6,8-9H,7H2,1-3H3,(H,14,17)/t9-/m0/s1. The van der Waals surface area contributed by atoms with Gasteiger partial charge in [0.15, 0.2) is 0 Å². The highest BCUT2D eigenvalue weighted by Gasteiger charge is 2.18. The molecular formula is C13H17N3O3. The first-order valence-electron chi connectivity index (χ1n) is 6.01. The highest BCUT2D eigenvalue weighted by Crippen LogP contribution is 2.15. The number of carbonyl (C=O) groups excluding carboxylic acids is 1. The van der Waals surface area contributed by atoms with Crippen LogP contribution in [0.15, 0.2) is 29.0 Å². The van der Waals surface area contributed by atoms with Crippen LogP contribution in [0.5, 0.6) is 5.88 Å². The van der Waals surface area contributed by atoms with Gasteiger partial charge in [-0.2, -0.15) is 0 Å². The Bertz CT molecular complexity index is 545. The van der Waals surface area contributed by atoms with E-state index < -0.39 is 0 Å². The molecule has 6 nitrogen and oxygen atoms in total. The summed E-state index contributed by atoms with van der Waals surface area (Å²) in [5, 5.41) is 6.94. The van der Waals surface area contributed by atoms with Crippen molar-refractivity contribution in [2.45, 2.75) is 19.4 Å². The van der Waals surface area contributed by atoms with Crippen molar-refractivity contribution in [3.05, 3.63) is 35.9 Å². The molecule has 19 heavy (non-hydrogen) atoms. The van der Waals surface area contributed by atoms with Crippen molar-refractivity contribution in [1.29, 1.82) is 0 Å². The van der Waals surface area contributed by atoms with E-state index >= 15 is 0 Å². The van der Waals surface area contributed by atoms with E-state index in [0.29, 0.717) is 17.9 Å². The summed E-state index contributed by atoms with van der Waals surface area (Å²) in [5.74, 6) is 0.958. The summed E-state index contributed by atoms with van der Waals surface area (Å²) in [7, 11) is 3.23. The summed E-state index contributed by atoms with van der Waals surface area (Å²) in [4.78, 5) is 12.1. The van der Waals surface area contributed by atoms with E-state index in [1.807, 2.05) is 19.1 Å². The lowest BCUT2D eigenvalue weighted by molar-refractivity contribution is 0.0936. The van der Waals surface area contributed by atoms with Gasteiger partial charge in [0.2, 0.25) is 5.88 Å². The molecule has 0 fully saturated rings. The molecule has 0 saturated heterocycles. The molecule has 0 aliphatic carbocycles. The molecule has 0 bridgehead atoms. The summed E-state index contributed by atoms with van der Waals surface area (Å²) >= 11 is 0. The Labute approximate surface area is 111 Å². The van der Waals surface area contributed by atoms with Crippen LogP contribution in [-0.2, 0) is 13.5 Å². The number of aromatic nitrogens is 2. The van der Waals surface area contributed by atoms with Crippen LogP contribution < -0.4 is 10.1 Å². The van der Waals surface area contributed by atoms with Crippen molar-refractivity contribution >= 4 is 5.91 Å². The Morgan fingerprint density at radius 2 is 2.42 bits per heavy atom. The number of nitrogens with zero attached hydrogens (tertiary/aromatic N) is 2. The lowest BCUT2D eigenvalue weighted by atomic mass is 10.2. The molecule has 2 aromatic rings. The third-order valence-electron chi connectivity index (χ3n) is 2.70. The van der Waals surface area contributed by atoms with Crippen molar-refractivity contribution in [3.63, 3.8) is 0 Å². The smallest absolute Gasteiger partial charge is 0.258 e. The summed E-state index contributed by atoms with van der Waals surface area (Å²) < 4.78 is 11.9. The fraction of sp³-hybridized carbons (Fsp3) is 0.385. The number of hydrogen-bond acceptors (Lipinski definition) is 4. The first kappa shape index (κ1) is 13.2. The molecular weight excluding hydrogens is 246 g/mol. The molecule has 0 spiro atoms.